The number of urea groups is 1. The van der Waals surface area contributed by atoms with Crippen molar-refractivity contribution in [3.05, 3.63) is 41.0 Å². The lowest BCUT2D eigenvalue weighted by molar-refractivity contribution is 0.0823. The highest BCUT2D eigenvalue weighted by molar-refractivity contribution is 6.01. The van der Waals surface area contributed by atoms with Crippen LogP contribution in [-0.4, -0.2) is 36.1 Å². The molecule has 0 spiro atoms. The number of aromatic nitrogens is 1. The molecule has 0 radical (unpaired) electrons. The lowest BCUT2D eigenvalue weighted by Gasteiger charge is -2.13. The quantitative estimate of drug-likeness (QED) is 0.899. The van der Waals surface area contributed by atoms with Gasteiger partial charge in [0, 0.05) is 19.8 Å². The minimum Gasteiger partial charge on any atom is -0.359 e. The van der Waals surface area contributed by atoms with Crippen LogP contribution in [0.5, 0.6) is 0 Å². The van der Waals surface area contributed by atoms with Crippen molar-refractivity contribution in [1.82, 2.24) is 10.1 Å². The fraction of sp³-hybridized carbons (Fsp3) is 0.312. The van der Waals surface area contributed by atoms with E-state index in [2.05, 4.69) is 15.8 Å². The van der Waals surface area contributed by atoms with Gasteiger partial charge in [0.1, 0.15) is 17.2 Å². The van der Waals surface area contributed by atoms with E-state index in [1.54, 1.807) is 6.92 Å². The van der Waals surface area contributed by atoms with Gasteiger partial charge in [0.15, 0.2) is 5.76 Å². The first-order valence-corrected chi connectivity index (χ1v) is 7.37. The van der Waals surface area contributed by atoms with Crippen molar-refractivity contribution in [2.75, 3.05) is 24.7 Å². The van der Waals surface area contributed by atoms with Gasteiger partial charge >= 0.3 is 6.03 Å². The average molecular weight is 334 g/mol. The van der Waals surface area contributed by atoms with Gasteiger partial charge in [-0.1, -0.05) is 12.1 Å². The number of carbonyl (C=O) groups excluding carboxylic acids is 2. The van der Waals surface area contributed by atoms with Crippen molar-refractivity contribution < 1.29 is 18.5 Å². The summed E-state index contributed by atoms with van der Waals surface area (Å²) < 4.78 is 18.8. The molecule has 24 heavy (non-hydrogen) atoms. The Balaban J connectivity index is 2.16. The monoisotopic (exact) mass is 334 g/mol. The number of hydrogen-bond donors (Lipinski definition) is 2. The summed E-state index contributed by atoms with van der Waals surface area (Å²) in [7, 11) is 3.05. The second-order valence-corrected chi connectivity index (χ2v) is 5.39. The zero-order valence-electron chi connectivity index (χ0n) is 13.9. The number of halogens is 1. The molecule has 7 nitrogen and oxygen atoms in total. The molecule has 1 aromatic carbocycles. The molecule has 2 aromatic rings. The molecule has 0 saturated heterocycles. The first kappa shape index (κ1) is 17.5. The van der Waals surface area contributed by atoms with Crippen LogP contribution in [-0.2, 0) is 6.42 Å². The van der Waals surface area contributed by atoms with Crippen molar-refractivity contribution in [3.8, 4) is 0 Å². The summed E-state index contributed by atoms with van der Waals surface area (Å²) in [5.41, 5.74) is 1.31. The van der Waals surface area contributed by atoms with Gasteiger partial charge in [0.2, 0.25) is 0 Å². The molecule has 0 atom stereocenters. The summed E-state index contributed by atoms with van der Waals surface area (Å²) in [6.07, 6.45) is 0.602. The number of anilines is 2. The fourth-order valence-electron chi connectivity index (χ4n) is 2.10. The van der Waals surface area contributed by atoms with Crippen LogP contribution in [0.2, 0.25) is 0 Å². The summed E-state index contributed by atoms with van der Waals surface area (Å²) in [6.45, 7) is 3.58. The van der Waals surface area contributed by atoms with E-state index in [0.29, 0.717) is 29.2 Å². The van der Waals surface area contributed by atoms with Gasteiger partial charge in [-0.05, 0) is 31.5 Å². The molecule has 0 unspecified atom stereocenters. The minimum atomic E-state index is -0.650. The Morgan fingerprint density at radius 2 is 2.00 bits per heavy atom. The normalized spacial score (nSPS) is 10.4. The van der Waals surface area contributed by atoms with Gasteiger partial charge in [-0.15, -0.1) is 0 Å². The number of nitrogens with zero attached hydrogens (tertiary/aromatic N) is 2. The van der Waals surface area contributed by atoms with Crippen LogP contribution < -0.4 is 10.6 Å². The molecule has 0 aliphatic heterocycles. The highest BCUT2D eigenvalue weighted by Crippen LogP contribution is 2.21. The fourth-order valence-corrected chi connectivity index (χ4v) is 2.10. The summed E-state index contributed by atoms with van der Waals surface area (Å²) in [4.78, 5) is 25.3. The summed E-state index contributed by atoms with van der Waals surface area (Å²) in [6, 6.07) is 3.26. The standard InChI is InChI=1S/C16H19FN4O3/c1-5-13-14(9(2)24-20-13)19-16(23)18-10-6-7-12(17)11(8-10)15(22)21(3)4/h6-8H,5H2,1-4H3,(H2,18,19,23). The first-order valence-electron chi connectivity index (χ1n) is 7.37. The Bertz CT molecular complexity index is 771. The highest BCUT2D eigenvalue weighted by atomic mass is 19.1. The number of carbonyl (C=O) groups is 2. The number of amides is 3. The van der Waals surface area contributed by atoms with Crippen molar-refractivity contribution in [2.24, 2.45) is 0 Å². The average Bonchev–Trinajstić information content (AvgIpc) is 2.88. The van der Waals surface area contributed by atoms with Gasteiger partial charge in [-0.2, -0.15) is 0 Å². The lowest BCUT2D eigenvalue weighted by Crippen LogP contribution is -2.24. The predicted molar refractivity (Wildman–Crippen MR) is 87.7 cm³/mol. The Labute approximate surface area is 138 Å². The smallest absolute Gasteiger partial charge is 0.323 e. The van der Waals surface area contributed by atoms with E-state index >= 15 is 0 Å². The number of aryl methyl sites for hydroxylation is 2. The Kier molecular flexibility index (Phi) is 5.18. The summed E-state index contributed by atoms with van der Waals surface area (Å²) in [5, 5.41) is 9.06. The third-order valence-corrected chi connectivity index (χ3v) is 3.37. The molecule has 0 bridgehead atoms. The SMILES string of the molecule is CCc1noc(C)c1NC(=O)Nc1ccc(F)c(C(=O)N(C)C)c1. The maximum absolute atomic E-state index is 13.8. The van der Waals surface area contributed by atoms with Gasteiger partial charge in [-0.25, -0.2) is 9.18 Å². The van der Waals surface area contributed by atoms with E-state index in [1.165, 1.54) is 31.1 Å². The van der Waals surface area contributed by atoms with E-state index in [4.69, 9.17) is 4.52 Å². The van der Waals surface area contributed by atoms with Gasteiger partial charge in [0.05, 0.1) is 5.56 Å². The van der Waals surface area contributed by atoms with Crippen LogP contribution in [0, 0.1) is 12.7 Å². The molecule has 0 saturated carbocycles. The first-order chi connectivity index (χ1) is 11.3. The van der Waals surface area contributed by atoms with E-state index in [0.717, 1.165) is 6.07 Å². The zero-order chi connectivity index (χ0) is 17.9. The third-order valence-electron chi connectivity index (χ3n) is 3.37. The van der Waals surface area contributed by atoms with Crippen LogP contribution in [0.3, 0.4) is 0 Å². The molecule has 128 valence electrons. The van der Waals surface area contributed by atoms with Crippen LogP contribution >= 0.6 is 0 Å². The molecule has 1 heterocycles. The highest BCUT2D eigenvalue weighted by Gasteiger charge is 2.17. The minimum absolute atomic E-state index is 0.117. The zero-order valence-corrected chi connectivity index (χ0v) is 13.9. The molecule has 3 amide bonds. The molecular formula is C16H19FN4O3. The van der Waals surface area contributed by atoms with Crippen LogP contribution in [0.25, 0.3) is 0 Å². The lowest BCUT2D eigenvalue weighted by atomic mass is 10.1. The van der Waals surface area contributed by atoms with Gasteiger partial charge in [-0.3, -0.25) is 4.79 Å². The Morgan fingerprint density at radius 3 is 2.62 bits per heavy atom. The molecule has 8 heteroatoms. The van der Waals surface area contributed by atoms with Crippen molar-refractivity contribution >= 4 is 23.3 Å². The van der Waals surface area contributed by atoms with E-state index in [9.17, 15) is 14.0 Å². The van der Waals surface area contributed by atoms with Gasteiger partial charge in [0.25, 0.3) is 5.91 Å². The van der Waals surface area contributed by atoms with E-state index < -0.39 is 17.8 Å². The Morgan fingerprint density at radius 1 is 1.29 bits per heavy atom. The largest absolute Gasteiger partial charge is 0.359 e. The van der Waals surface area contributed by atoms with Crippen LogP contribution in [0.1, 0.15) is 28.7 Å². The van der Waals surface area contributed by atoms with Crippen molar-refractivity contribution in [1.29, 1.82) is 0 Å². The molecule has 2 rings (SSSR count). The molecule has 1 aromatic heterocycles. The predicted octanol–water partition coefficient (Wildman–Crippen LogP) is 3.03. The summed E-state index contributed by atoms with van der Waals surface area (Å²) in [5.74, 6) is -0.646. The maximum atomic E-state index is 13.8. The number of rotatable bonds is 4. The second-order valence-electron chi connectivity index (χ2n) is 5.39. The van der Waals surface area contributed by atoms with Crippen molar-refractivity contribution in [2.45, 2.75) is 20.3 Å². The van der Waals surface area contributed by atoms with Crippen molar-refractivity contribution in [3.63, 3.8) is 0 Å². The molecular weight excluding hydrogens is 315 g/mol. The van der Waals surface area contributed by atoms with Crippen LogP contribution in [0.4, 0.5) is 20.6 Å². The molecule has 2 N–H and O–H groups in total. The molecule has 0 aliphatic rings. The number of benzene rings is 1. The topological polar surface area (TPSA) is 87.5 Å². The van der Waals surface area contributed by atoms with Gasteiger partial charge < -0.3 is 20.1 Å². The maximum Gasteiger partial charge on any atom is 0.323 e. The third kappa shape index (κ3) is 3.70. The molecule has 0 aliphatic carbocycles. The summed E-state index contributed by atoms with van der Waals surface area (Å²) >= 11 is 0. The molecule has 0 fully saturated rings. The second kappa shape index (κ2) is 7.12. The Hall–Kier alpha value is -2.90. The van der Waals surface area contributed by atoms with E-state index in [-0.39, 0.29) is 5.56 Å². The van der Waals surface area contributed by atoms with Crippen LogP contribution in [0.15, 0.2) is 22.7 Å². The van der Waals surface area contributed by atoms with E-state index in [1.807, 2.05) is 6.92 Å². The number of nitrogens with one attached hydrogen (secondary N) is 2. The number of hydrogen-bond acceptors (Lipinski definition) is 4.